The zero-order valence-corrected chi connectivity index (χ0v) is 12.0. The highest BCUT2D eigenvalue weighted by atomic mass is 32.2. The first-order chi connectivity index (χ1) is 8.49. The Kier molecular flexibility index (Phi) is 3.64. The minimum absolute atomic E-state index is 0.118. The predicted molar refractivity (Wildman–Crippen MR) is 71.7 cm³/mol. The second kappa shape index (κ2) is 5.04. The van der Waals surface area contributed by atoms with Crippen molar-refractivity contribution >= 4 is 23.1 Å². The largest absolute Gasteiger partial charge is 0.245 e. The van der Waals surface area contributed by atoms with Gasteiger partial charge in [0, 0.05) is 11.1 Å². The van der Waals surface area contributed by atoms with Crippen LogP contribution in [0.15, 0.2) is 28.0 Å². The standard InChI is InChI=1S/C12H12N4S2/c1-12(2,3)9-6-16-11(17-9)18-10-7-14-8(4-13)5-15-10/h5-7H,1-3H3. The third-order valence-corrected chi connectivity index (χ3v) is 4.58. The van der Waals surface area contributed by atoms with Crippen molar-refractivity contribution in [2.24, 2.45) is 0 Å². The fourth-order valence-electron chi connectivity index (χ4n) is 1.17. The molecule has 0 aromatic carbocycles. The maximum atomic E-state index is 8.64. The van der Waals surface area contributed by atoms with Gasteiger partial charge in [0.25, 0.3) is 0 Å². The fraction of sp³-hybridized carbons (Fsp3) is 0.333. The topological polar surface area (TPSA) is 62.5 Å². The Morgan fingerprint density at radius 1 is 1.17 bits per heavy atom. The molecule has 0 radical (unpaired) electrons. The van der Waals surface area contributed by atoms with Gasteiger partial charge in [-0.15, -0.1) is 11.3 Å². The summed E-state index contributed by atoms with van der Waals surface area (Å²) in [5, 5.41) is 9.40. The average molecular weight is 276 g/mol. The molecule has 0 aliphatic heterocycles. The molecule has 92 valence electrons. The van der Waals surface area contributed by atoms with Crippen LogP contribution in [0.5, 0.6) is 0 Å². The van der Waals surface area contributed by atoms with E-state index in [0.717, 1.165) is 9.37 Å². The van der Waals surface area contributed by atoms with Gasteiger partial charge in [0.2, 0.25) is 0 Å². The number of thiazole rings is 1. The van der Waals surface area contributed by atoms with Crippen molar-refractivity contribution in [3.8, 4) is 6.07 Å². The Morgan fingerprint density at radius 3 is 2.44 bits per heavy atom. The van der Waals surface area contributed by atoms with Gasteiger partial charge in [-0.05, 0) is 17.2 Å². The van der Waals surface area contributed by atoms with Crippen molar-refractivity contribution in [3.63, 3.8) is 0 Å². The molecule has 0 amide bonds. The number of hydrogen-bond acceptors (Lipinski definition) is 6. The summed E-state index contributed by atoms with van der Waals surface area (Å²) in [5.74, 6) is 0. The highest BCUT2D eigenvalue weighted by molar-refractivity contribution is 8.01. The van der Waals surface area contributed by atoms with Crippen molar-refractivity contribution in [3.05, 3.63) is 29.2 Å². The van der Waals surface area contributed by atoms with Gasteiger partial charge in [0.1, 0.15) is 11.1 Å². The summed E-state index contributed by atoms with van der Waals surface area (Å²) in [7, 11) is 0. The fourth-order valence-corrected chi connectivity index (χ4v) is 3.06. The molecule has 2 aromatic rings. The maximum absolute atomic E-state index is 8.64. The third kappa shape index (κ3) is 3.06. The monoisotopic (exact) mass is 276 g/mol. The van der Waals surface area contributed by atoms with Gasteiger partial charge >= 0.3 is 0 Å². The van der Waals surface area contributed by atoms with Crippen LogP contribution in [0.4, 0.5) is 0 Å². The molecule has 0 aliphatic carbocycles. The summed E-state index contributed by atoms with van der Waals surface area (Å²) >= 11 is 3.13. The molecule has 0 N–H and O–H groups in total. The Morgan fingerprint density at radius 2 is 1.94 bits per heavy atom. The van der Waals surface area contributed by atoms with Gasteiger partial charge < -0.3 is 0 Å². The molecule has 2 heterocycles. The van der Waals surface area contributed by atoms with E-state index in [1.807, 2.05) is 12.3 Å². The lowest BCUT2D eigenvalue weighted by Gasteiger charge is -2.14. The van der Waals surface area contributed by atoms with Gasteiger partial charge in [-0.1, -0.05) is 20.8 Å². The Bertz CT molecular complexity index is 575. The minimum Gasteiger partial charge on any atom is -0.245 e. The molecular weight excluding hydrogens is 264 g/mol. The summed E-state index contributed by atoms with van der Waals surface area (Å²) in [6, 6.07) is 1.95. The van der Waals surface area contributed by atoms with Crippen LogP contribution in [-0.2, 0) is 5.41 Å². The lowest BCUT2D eigenvalue weighted by atomic mass is 9.96. The minimum atomic E-state index is 0.118. The maximum Gasteiger partial charge on any atom is 0.158 e. The third-order valence-electron chi connectivity index (χ3n) is 2.16. The molecule has 0 saturated carbocycles. The van der Waals surface area contributed by atoms with E-state index in [2.05, 4.69) is 35.7 Å². The van der Waals surface area contributed by atoms with Crippen molar-refractivity contribution in [2.75, 3.05) is 0 Å². The first-order valence-corrected chi connectivity index (χ1v) is 6.98. The van der Waals surface area contributed by atoms with E-state index < -0.39 is 0 Å². The van der Waals surface area contributed by atoms with E-state index in [9.17, 15) is 0 Å². The first-order valence-electron chi connectivity index (χ1n) is 5.35. The molecule has 0 unspecified atom stereocenters. The van der Waals surface area contributed by atoms with Crippen LogP contribution in [-0.4, -0.2) is 15.0 Å². The first kappa shape index (κ1) is 13.0. The molecule has 0 spiro atoms. The molecule has 2 rings (SSSR count). The summed E-state index contributed by atoms with van der Waals surface area (Å²) in [6.45, 7) is 6.49. The normalized spacial score (nSPS) is 11.2. The van der Waals surface area contributed by atoms with Gasteiger partial charge in [0.05, 0.1) is 12.4 Å². The van der Waals surface area contributed by atoms with Gasteiger partial charge in [-0.25, -0.2) is 15.0 Å². The molecule has 18 heavy (non-hydrogen) atoms. The summed E-state index contributed by atoms with van der Waals surface area (Å²) < 4.78 is 0.943. The highest BCUT2D eigenvalue weighted by Gasteiger charge is 2.17. The molecule has 2 aromatic heterocycles. The molecular formula is C12H12N4S2. The zero-order chi connectivity index (χ0) is 13.2. The van der Waals surface area contributed by atoms with Crippen molar-refractivity contribution in [1.82, 2.24) is 15.0 Å². The van der Waals surface area contributed by atoms with Crippen LogP contribution in [0.1, 0.15) is 31.3 Å². The van der Waals surface area contributed by atoms with Crippen LogP contribution < -0.4 is 0 Å². The van der Waals surface area contributed by atoms with E-state index >= 15 is 0 Å². The number of nitriles is 1. The molecule has 0 bridgehead atoms. The lowest BCUT2D eigenvalue weighted by molar-refractivity contribution is 0.602. The zero-order valence-electron chi connectivity index (χ0n) is 10.3. The van der Waals surface area contributed by atoms with E-state index in [0.29, 0.717) is 5.69 Å². The molecule has 0 atom stereocenters. The van der Waals surface area contributed by atoms with Crippen LogP contribution in [0.3, 0.4) is 0 Å². The average Bonchev–Trinajstić information content (AvgIpc) is 2.78. The van der Waals surface area contributed by atoms with Gasteiger partial charge in [-0.2, -0.15) is 5.26 Å². The van der Waals surface area contributed by atoms with Crippen LogP contribution in [0.2, 0.25) is 0 Å². The summed E-state index contributed by atoms with van der Waals surface area (Å²) in [6.07, 6.45) is 4.98. The molecule has 0 saturated heterocycles. The molecule has 0 aliphatic rings. The summed E-state index contributed by atoms with van der Waals surface area (Å²) in [5.41, 5.74) is 0.446. The number of aromatic nitrogens is 3. The summed E-state index contributed by atoms with van der Waals surface area (Å²) in [4.78, 5) is 13.8. The van der Waals surface area contributed by atoms with Crippen LogP contribution in [0, 0.1) is 11.3 Å². The second-order valence-corrected chi connectivity index (χ2v) is 6.99. The second-order valence-electron chi connectivity index (χ2n) is 4.69. The molecule has 4 nitrogen and oxygen atoms in total. The quantitative estimate of drug-likeness (QED) is 0.842. The van der Waals surface area contributed by atoms with Crippen molar-refractivity contribution in [1.29, 1.82) is 5.26 Å². The van der Waals surface area contributed by atoms with E-state index in [1.54, 1.807) is 17.5 Å². The smallest absolute Gasteiger partial charge is 0.158 e. The Hall–Kier alpha value is -1.45. The van der Waals surface area contributed by atoms with Crippen molar-refractivity contribution in [2.45, 2.75) is 35.6 Å². The predicted octanol–water partition coefficient (Wildman–Crippen LogP) is 3.25. The van der Waals surface area contributed by atoms with Gasteiger partial charge in [0.15, 0.2) is 10.0 Å². The van der Waals surface area contributed by atoms with Crippen LogP contribution in [0.25, 0.3) is 0 Å². The van der Waals surface area contributed by atoms with Gasteiger partial charge in [-0.3, -0.25) is 0 Å². The Balaban J connectivity index is 2.14. The SMILES string of the molecule is CC(C)(C)c1cnc(Sc2cnc(C#N)cn2)s1. The molecule has 0 fully saturated rings. The molecule has 6 heteroatoms. The van der Waals surface area contributed by atoms with Crippen LogP contribution >= 0.6 is 23.1 Å². The van der Waals surface area contributed by atoms with E-state index in [4.69, 9.17) is 5.26 Å². The van der Waals surface area contributed by atoms with E-state index in [-0.39, 0.29) is 5.41 Å². The number of hydrogen-bond donors (Lipinski definition) is 0. The lowest BCUT2D eigenvalue weighted by Crippen LogP contribution is -2.07. The van der Waals surface area contributed by atoms with Crippen molar-refractivity contribution < 1.29 is 0 Å². The Labute approximate surface area is 114 Å². The van der Waals surface area contributed by atoms with E-state index in [1.165, 1.54) is 22.8 Å². The number of nitrogens with zero attached hydrogens (tertiary/aromatic N) is 4. The number of rotatable bonds is 2. The highest BCUT2D eigenvalue weighted by Crippen LogP contribution is 2.34.